The molecule has 2 heterocycles. The van der Waals surface area contributed by atoms with Crippen LogP contribution in [0.25, 0.3) is 11.8 Å². The summed E-state index contributed by atoms with van der Waals surface area (Å²) in [7, 11) is 0. The molecule has 2 aromatic rings. The molecule has 82 valence electrons. The summed E-state index contributed by atoms with van der Waals surface area (Å²) in [5.74, 6) is 0.481. The van der Waals surface area contributed by atoms with E-state index in [1.165, 1.54) is 0 Å². The van der Waals surface area contributed by atoms with E-state index in [9.17, 15) is 0 Å². The molecule has 0 unspecified atom stereocenters. The van der Waals surface area contributed by atoms with E-state index in [0.29, 0.717) is 5.82 Å². The molecule has 0 bridgehead atoms. The molecule has 0 aromatic carbocycles. The van der Waals surface area contributed by atoms with E-state index in [1.54, 1.807) is 17.0 Å². The normalized spacial score (nSPS) is 10.3. The zero-order valence-electron chi connectivity index (χ0n) is 9.22. The molecule has 0 aliphatic heterocycles. The minimum absolute atomic E-state index is 0.481. The van der Waals surface area contributed by atoms with E-state index >= 15 is 0 Å². The highest BCUT2D eigenvalue weighted by Gasteiger charge is 2.04. The second-order valence-electron chi connectivity index (χ2n) is 3.48. The van der Waals surface area contributed by atoms with Gasteiger partial charge in [-0.2, -0.15) is 0 Å². The first kappa shape index (κ1) is 10.4. The van der Waals surface area contributed by atoms with Crippen LogP contribution >= 0.6 is 0 Å². The highest BCUT2D eigenvalue weighted by molar-refractivity contribution is 5.59. The van der Waals surface area contributed by atoms with Gasteiger partial charge in [0.2, 0.25) is 0 Å². The summed E-state index contributed by atoms with van der Waals surface area (Å²) in [5.41, 5.74) is 8.52. The number of pyridine rings is 1. The lowest BCUT2D eigenvalue weighted by Gasteiger charge is -2.01. The molecular weight excluding hydrogens is 200 g/mol. The van der Waals surface area contributed by atoms with Gasteiger partial charge < -0.3 is 5.73 Å². The van der Waals surface area contributed by atoms with Gasteiger partial charge >= 0.3 is 0 Å². The molecule has 0 saturated carbocycles. The van der Waals surface area contributed by atoms with Gasteiger partial charge in [-0.3, -0.25) is 4.98 Å². The van der Waals surface area contributed by atoms with Crippen molar-refractivity contribution in [2.75, 3.05) is 5.73 Å². The number of aryl methyl sites for hydroxylation is 1. The largest absolute Gasteiger partial charge is 0.382 e. The van der Waals surface area contributed by atoms with Crippen molar-refractivity contribution >= 4 is 11.9 Å². The predicted octanol–water partition coefficient (Wildman–Crippen LogP) is 2.05. The lowest BCUT2D eigenvalue weighted by atomic mass is 10.3. The summed E-state index contributed by atoms with van der Waals surface area (Å²) in [5, 5.41) is 4.19. The second-order valence-corrected chi connectivity index (χ2v) is 3.48. The molecule has 0 atom stereocenters. The molecule has 0 radical (unpaired) electrons. The predicted molar refractivity (Wildman–Crippen MR) is 65.2 cm³/mol. The van der Waals surface area contributed by atoms with Crippen LogP contribution in [-0.4, -0.2) is 14.8 Å². The summed E-state index contributed by atoms with van der Waals surface area (Å²) < 4.78 is 1.71. The smallest absolute Gasteiger partial charge is 0.153 e. The van der Waals surface area contributed by atoms with Crippen LogP contribution in [0.2, 0.25) is 0 Å². The molecule has 4 heteroatoms. The molecule has 0 spiro atoms. The van der Waals surface area contributed by atoms with Gasteiger partial charge in [-0.1, -0.05) is 19.6 Å². The first-order valence-corrected chi connectivity index (χ1v) is 5.17. The highest BCUT2D eigenvalue weighted by atomic mass is 15.3. The monoisotopic (exact) mass is 214 g/mol. The third-order valence-electron chi connectivity index (χ3n) is 2.43. The van der Waals surface area contributed by atoms with Gasteiger partial charge in [0.25, 0.3) is 0 Å². The van der Waals surface area contributed by atoms with Gasteiger partial charge in [0.15, 0.2) is 5.82 Å². The van der Waals surface area contributed by atoms with Gasteiger partial charge in [0.05, 0.1) is 11.9 Å². The third-order valence-corrected chi connectivity index (χ3v) is 2.43. The van der Waals surface area contributed by atoms with Gasteiger partial charge in [-0.25, -0.2) is 4.68 Å². The first-order valence-electron chi connectivity index (χ1n) is 5.17. The Morgan fingerprint density at radius 2 is 2.31 bits per heavy atom. The van der Waals surface area contributed by atoms with E-state index in [2.05, 4.69) is 23.6 Å². The molecule has 2 N–H and O–H groups in total. The first-order chi connectivity index (χ1) is 7.74. The third kappa shape index (κ3) is 1.82. The van der Waals surface area contributed by atoms with Crippen molar-refractivity contribution in [1.82, 2.24) is 14.8 Å². The number of anilines is 1. The zero-order chi connectivity index (χ0) is 11.5. The van der Waals surface area contributed by atoms with Gasteiger partial charge in [0, 0.05) is 17.5 Å². The topological polar surface area (TPSA) is 56.7 Å². The Hall–Kier alpha value is -2.10. The summed E-state index contributed by atoms with van der Waals surface area (Å²) in [6.07, 6.45) is 6.25. The Balaban J connectivity index is 2.38. The molecule has 2 aromatic heterocycles. The fraction of sp³-hybridized carbons (Fsp3) is 0.167. The van der Waals surface area contributed by atoms with E-state index in [0.717, 1.165) is 23.4 Å². The maximum atomic E-state index is 5.72. The number of nitrogen functional groups attached to an aromatic ring is 1. The fourth-order valence-electron chi connectivity index (χ4n) is 1.45. The van der Waals surface area contributed by atoms with Crippen LogP contribution in [-0.2, 0) is 6.42 Å². The van der Waals surface area contributed by atoms with Crippen LogP contribution in [0, 0.1) is 0 Å². The molecule has 0 saturated heterocycles. The molecule has 0 aliphatic carbocycles. The molecular formula is C12H14N4. The minimum Gasteiger partial charge on any atom is -0.382 e. The fourth-order valence-corrected chi connectivity index (χ4v) is 1.45. The standard InChI is InChI=1S/C12H14N4/c1-3-9-8-16(15-12(9)13)11-6-5-10(4-2)14-7-11/h3,5-8H,1,4H2,2H3,(H2,13,15). The lowest BCUT2D eigenvalue weighted by Crippen LogP contribution is -1.97. The summed E-state index contributed by atoms with van der Waals surface area (Å²) >= 11 is 0. The van der Waals surface area contributed by atoms with Crippen LogP contribution in [0.4, 0.5) is 5.82 Å². The van der Waals surface area contributed by atoms with Crippen molar-refractivity contribution < 1.29 is 0 Å². The SMILES string of the molecule is C=Cc1cn(-c2ccc(CC)nc2)nc1N. The van der Waals surface area contributed by atoms with Crippen LogP contribution in [0.3, 0.4) is 0 Å². The van der Waals surface area contributed by atoms with E-state index in [1.807, 2.05) is 18.3 Å². The van der Waals surface area contributed by atoms with Crippen LogP contribution in [0.15, 0.2) is 31.1 Å². The van der Waals surface area contributed by atoms with Crippen molar-refractivity contribution in [3.05, 3.63) is 42.4 Å². The van der Waals surface area contributed by atoms with Crippen molar-refractivity contribution in [1.29, 1.82) is 0 Å². The van der Waals surface area contributed by atoms with Crippen molar-refractivity contribution in [2.24, 2.45) is 0 Å². The molecule has 2 rings (SSSR count). The van der Waals surface area contributed by atoms with Gasteiger partial charge in [-0.05, 0) is 18.6 Å². The van der Waals surface area contributed by atoms with E-state index < -0.39 is 0 Å². The quantitative estimate of drug-likeness (QED) is 0.850. The Morgan fingerprint density at radius 3 is 2.81 bits per heavy atom. The van der Waals surface area contributed by atoms with E-state index in [-0.39, 0.29) is 0 Å². The van der Waals surface area contributed by atoms with Crippen LogP contribution in [0.1, 0.15) is 18.2 Å². The van der Waals surface area contributed by atoms with Gasteiger partial charge in [0.1, 0.15) is 0 Å². The number of rotatable bonds is 3. The van der Waals surface area contributed by atoms with E-state index in [4.69, 9.17) is 5.73 Å². The number of nitrogens with zero attached hydrogens (tertiary/aromatic N) is 3. The average Bonchev–Trinajstić information content (AvgIpc) is 2.71. The maximum absolute atomic E-state index is 5.72. The number of nitrogens with two attached hydrogens (primary N) is 1. The number of hydrogen-bond acceptors (Lipinski definition) is 3. The zero-order valence-corrected chi connectivity index (χ0v) is 9.22. The molecule has 0 aliphatic rings. The highest BCUT2D eigenvalue weighted by Crippen LogP contribution is 2.14. The second kappa shape index (κ2) is 4.18. The maximum Gasteiger partial charge on any atom is 0.153 e. The molecule has 4 nitrogen and oxygen atoms in total. The molecule has 0 fully saturated rings. The van der Waals surface area contributed by atoms with Crippen LogP contribution in [0.5, 0.6) is 0 Å². The summed E-state index contributed by atoms with van der Waals surface area (Å²) in [4.78, 5) is 4.31. The number of hydrogen-bond donors (Lipinski definition) is 1. The lowest BCUT2D eigenvalue weighted by molar-refractivity contribution is 0.872. The number of aromatic nitrogens is 3. The Kier molecular flexibility index (Phi) is 2.72. The summed E-state index contributed by atoms with van der Waals surface area (Å²) in [6.45, 7) is 5.75. The minimum atomic E-state index is 0.481. The van der Waals surface area contributed by atoms with Crippen molar-refractivity contribution in [3.8, 4) is 5.69 Å². The Morgan fingerprint density at radius 1 is 1.50 bits per heavy atom. The van der Waals surface area contributed by atoms with Crippen molar-refractivity contribution in [2.45, 2.75) is 13.3 Å². The molecule has 16 heavy (non-hydrogen) atoms. The summed E-state index contributed by atoms with van der Waals surface area (Å²) in [6, 6.07) is 3.96. The average molecular weight is 214 g/mol. The van der Waals surface area contributed by atoms with Gasteiger partial charge in [-0.15, -0.1) is 5.10 Å². The molecule has 0 amide bonds. The van der Waals surface area contributed by atoms with Crippen molar-refractivity contribution in [3.63, 3.8) is 0 Å². The Bertz CT molecular complexity index is 496. The Labute approximate surface area is 94.4 Å². The van der Waals surface area contributed by atoms with Crippen LogP contribution < -0.4 is 5.73 Å².